The summed E-state index contributed by atoms with van der Waals surface area (Å²) in [5, 5.41) is 0. The maximum atomic E-state index is 2.29. The van der Waals surface area contributed by atoms with Crippen LogP contribution in [0.1, 0.15) is 26.2 Å². The lowest BCUT2D eigenvalue weighted by molar-refractivity contribution is 0.770. The summed E-state index contributed by atoms with van der Waals surface area (Å²) in [6.07, 6.45) is 4.48. The van der Waals surface area contributed by atoms with Gasteiger partial charge in [0.25, 0.3) is 0 Å². The van der Waals surface area contributed by atoms with E-state index in [4.69, 9.17) is 0 Å². The third kappa shape index (κ3) is 6.65. The first-order valence-corrected chi connectivity index (χ1v) is 14.6. The molecule has 0 aliphatic carbocycles. The van der Waals surface area contributed by atoms with Crippen molar-refractivity contribution in [3.63, 3.8) is 0 Å². The van der Waals surface area contributed by atoms with Crippen molar-refractivity contribution in [1.29, 1.82) is 0 Å². The van der Waals surface area contributed by atoms with E-state index in [1.54, 1.807) is 22.2 Å². The molecule has 0 aliphatic heterocycles. The summed E-state index contributed by atoms with van der Waals surface area (Å²) in [5.74, 6) is 0. The Kier molecular flexibility index (Phi) is 8.27. The second-order valence-electron chi connectivity index (χ2n) is 2.41. The highest BCUT2D eigenvalue weighted by molar-refractivity contribution is 7.23. The van der Waals surface area contributed by atoms with Crippen LogP contribution in [-0.2, 0) is 0 Å². The molecular weight excluding hydrogens is 144 g/mol. The minimum Gasteiger partial charge on any atom is -0.0655 e. The van der Waals surface area contributed by atoms with Crippen LogP contribution < -0.4 is 0 Å². The van der Waals surface area contributed by atoms with Gasteiger partial charge in [-0.3, -0.25) is 0 Å². The lowest BCUT2D eigenvalue weighted by Gasteiger charge is -1.92. The van der Waals surface area contributed by atoms with Crippen molar-refractivity contribution in [3.8, 4) is 0 Å². The fourth-order valence-corrected chi connectivity index (χ4v) is 9.12. The van der Waals surface area contributed by atoms with Crippen LogP contribution in [0.4, 0.5) is 0 Å². The first-order chi connectivity index (χ1) is 3.91. The van der Waals surface area contributed by atoms with Crippen molar-refractivity contribution in [3.05, 3.63) is 0 Å². The Morgan fingerprint density at radius 2 is 2.12 bits per heavy atom. The summed E-state index contributed by atoms with van der Waals surface area (Å²) in [5.41, 5.74) is 0. The molecular formula is C5H18Si3. The zero-order valence-corrected chi connectivity index (χ0v) is 11.1. The average Bonchev–Trinajstić information content (AvgIpc) is 1.81. The SMILES string of the molecule is CCCCC[SiH2][SiH2][SiH3]. The lowest BCUT2D eigenvalue weighted by atomic mass is 10.3. The van der Waals surface area contributed by atoms with Crippen molar-refractivity contribution in [2.24, 2.45) is 0 Å². The molecule has 0 nitrogen and oxygen atoms in total. The monoisotopic (exact) mass is 162 g/mol. The highest BCUT2D eigenvalue weighted by atomic mass is 29.5. The zero-order valence-electron chi connectivity index (χ0n) is 6.24. The van der Waals surface area contributed by atoms with Gasteiger partial charge in [0, 0.05) is 9.04 Å². The fraction of sp³-hybridized carbons (Fsp3) is 1.00. The fourth-order valence-electron chi connectivity index (χ4n) is 0.854. The predicted molar refractivity (Wildman–Crippen MR) is 51.4 cm³/mol. The van der Waals surface area contributed by atoms with Crippen molar-refractivity contribution in [2.75, 3.05) is 0 Å². The van der Waals surface area contributed by atoms with Crippen LogP contribution in [0.2, 0.25) is 6.04 Å². The van der Waals surface area contributed by atoms with Gasteiger partial charge in [-0.15, -0.1) is 0 Å². The van der Waals surface area contributed by atoms with Crippen molar-refractivity contribution < 1.29 is 0 Å². The molecule has 0 rings (SSSR count). The molecule has 3 heteroatoms. The van der Waals surface area contributed by atoms with E-state index in [1.807, 2.05) is 0 Å². The molecule has 0 N–H and O–H groups in total. The summed E-state index contributed by atoms with van der Waals surface area (Å²) < 4.78 is 0. The zero-order chi connectivity index (χ0) is 6.24. The van der Waals surface area contributed by atoms with Gasteiger partial charge in [0.15, 0.2) is 0 Å². The Bertz CT molecular complexity index is 32.7. The molecule has 0 aromatic heterocycles. The molecule has 0 fully saturated rings. The van der Waals surface area contributed by atoms with E-state index in [0.717, 1.165) is 0 Å². The molecule has 0 heterocycles. The van der Waals surface area contributed by atoms with Crippen LogP contribution >= 0.6 is 0 Å². The van der Waals surface area contributed by atoms with E-state index in [2.05, 4.69) is 6.92 Å². The van der Waals surface area contributed by atoms with E-state index in [0.29, 0.717) is 17.6 Å². The summed E-state index contributed by atoms with van der Waals surface area (Å²) in [6, 6.07) is 1.68. The Balaban J connectivity index is 2.53. The minimum atomic E-state index is 0.602. The van der Waals surface area contributed by atoms with Crippen molar-refractivity contribution in [2.45, 2.75) is 32.2 Å². The number of unbranched alkanes of at least 4 members (excludes halogenated alkanes) is 2. The van der Waals surface area contributed by atoms with Gasteiger partial charge in [-0.2, -0.15) is 0 Å². The average molecular weight is 162 g/mol. The van der Waals surface area contributed by atoms with Crippen LogP contribution in [0.5, 0.6) is 0 Å². The first-order valence-electron chi connectivity index (χ1n) is 3.91. The van der Waals surface area contributed by atoms with E-state index in [9.17, 15) is 0 Å². The quantitative estimate of drug-likeness (QED) is 0.364. The topological polar surface area (TPSA) is 0 Å². The smallest absolute Gasteiger partial charge is 0.00460 e. The number of hydrogen-bond acceptors (Lipinski definition) is 0. The standard InChI is InChI=1S/C5H18Si3/c1-2-3-4-5-7-8-6/h2-5,7-8H2,1,6H3. The Labute approximate surface area is 60.1 Å². The van der Waals surface area contributed by atoms with E-state index in [-0.39, 0.29) is 0 Å². The molecule has 0 atom stereocenters. The molecule has 0 unspecified atom stereocenters. The maximum absolute atomic E-state index is 2.29. The molecule has 8 heavy (non-hydrogen) atoms. The molecule has 0 aliphatic rings. The van der Waals surface area contributed by atoms with Crippen molar-refractivity contribution >= 4 is 27.4 Å². The van der Waals surface area contributed by atoms with E-state index < -0.39 is 0 Å². The van der Waals surface area contributed by atoms with Gasteiger partial charge in [-0.05, 0) is 18.3 Å². The Morgan fingerprint density at radius 3 is 2.62 bits per heavy atom. The highest BCUT2D eigenvalue weighted by Gasteiger charge is 1.84. The summed E-state index contributed by atoms with van der Waals surface area (Å²) in [4.78, 5) is 0. The van der Waals surface area contributed by atoms with Gasteiger partial charge >= 0.3 is 0 Å². The molecule has 50 valence electrons. The summed E-state index contributed by atoms with van der Waals surface area (Å²) in [7, 11) is 2.87. The molecule has 0 radical (unpaired) electrons. The Hall–Kier alpha value is 0.651. The van der Waals surface area contributed by atoms with Crippen LogP contribution in [0.15, 0.2) is 0 Å². The van der Waals surface area contributed by atoms with Crippen LogP contribution in [0, 0.1) is 0 Å². The van der Waals surface area contributed by atoms with E-state index >= 15 is 0 Å². The second-order valence-corrected chi connectivity index (χ2v) is 18.9. The van der Waals surface area contributed by atoms with Gasteiger partial charge < -0.3 is 0 Å². The third-order valence-electron chi connectivity index (χ3n) is 1.46. The van der Waals surface area contributed by atoms with Gasteiger partial charge in [-0.1, -0.05) is 32.2 Å². The lowest BCUT2D eigenvalue weighted by Crippen LogP contribution is -2.01. The summed E-state index contributed by atoms with van der Waals surface area (Å²) in [6.45, 7) is 2.29. The highest BCUT2D eigenvalue weighted by Crippen LogP contribution is 1.96. The molecule has 0 aromatic carbocycles. The van der Waals surface area contributed by atoms with Gasteiger partial charge in [0.2, 0.25) is 0 Å². The van der Waals surface area contributed by atoms with E-state index in [1.165, 1.54) is 12.8 Å². The number of rotatable bonds is 5. The van der Waals surface area contributed by atoms with Crippen LogP contribution in [-0.4, -0.2) is 27.4 Å². The summed E-state index contributed by atoms with van der Waals surface area (Å²) >= 11 is 0. The third-order valence-corrected chi connectivity index (χ3v) is 13.1. The van der Waals surface area contributed by atoms with Crippen molar-refractivity contribution in [1.82, 2.24) is 0 Å². The first kappa shape index (κ1) is 8.65. The predicted octanol–water partition coefficient (Wildman–Crippen LogP) is -0.872. The second kappa shape index (κ2) is 7.65. The maximum Gasteiger partial charge on any atom is 0.00460 e. The molecule has 0 amide bonds. The van der Waals surface area contributed by atoms with Crippen LogP contribution in [0.25, 0.3) is 0 Å². The molecule has 0 saturated heterocycles. The van der Waals surface area contributed by atoms with Crippen LogP contribution in [0.3, 0.4) is 0 Å². The minimum absolute atomic E-state index is 0.602. The van der Waals surface area contributed by atoms with Gasteiger partial charge in [0.05, 0.1) is 0 Å². The molecule has 0 saturated carbocycles. The normalized spacial score (nSPS) is 13.1. The van der Waals surface area contributed by atoms with Gasteiger partial charge in [-0.25, -0.2) is 0 Å². The Morgan fingerprint density at radius 1 is 1.38 bits per heavy atom. The molecule has 0 aromatic rings. The largest absolute Gasteiger partial charge is 0.0655 e. The molecule has 0 bridgehead atoms. The molecule has 0 spiro atoms. The van der Waals surface area contributed by atoms with Gasteiger partial charge in [0.1, 0.15) is 0 Å². The number of hydrogen-bond donors (Lipinski definition) is 0.